The van der Waals surface area contributed by atoms with E-state index in [1.807, 2.05) is 31.0 Å². The van der Waals surface area contributed by atoms with Gasteiger partial charge in [0.1, 0.15) is 17.3 Å². The Morgan fingerprint density at radius 3 is 2.75 bits per heavy atom. The van der Waals surface area contributed by atoms with Gasteiger partial charge in [-0.05, 0) is 40.8 Å². The van der Waals surface area contributed by atoms with E-state index in [9.17, 15) is 4.79 Å². The summed E-state index contributed by atoms with van der Waals surface area (Å²) in [6, 6.07) is 2.31. The molecule has 0 aliphatic carbocycles. The quantitative estimate of drug-likeness (QED) is 0.865. The van der Waals surface area contributed by atoms with Gasteiger partial charge in [0.15, 0.2) is 0 Å². The van der Waals surface area contributed by atoms with E-state index >= 15 is 0 Å². The zero-order valence-corrected chi connectivity index (χ0v) is 15.2. The lowest BCUT2D eigenvalue weighted by Crippen LogP contribution is -2.39. The summed E-state index contributed by atoms with van der Waals surface area (Å²) in [6.45, 7) is 11.0. The van der Waals surface area contributed by atoms with Crippen molar-refractivity contribution in [3.05, 3.63) is 40.9 Å². The van der Waals surface area contributed by atoms with Crippen LogP contribution >= 0.6 is 0 Å². The Morgan fingerprint density at radius 1 is 1.38 bits per heavy atom. The summed E-state index contributed by atoms with van der Waals surface area (Å²) >= 11 is 0. The van der Waals surface area contributed by atoms with Crippen LogP contribution in [0.5, 0.6) is 0 Å². The number of rotatable bonds is 4. The average Bonchev–Trinajstić information content (AvgIpc) is 3.09. The van der Waals surface area contributed by atoms with Crippen molar-refractivity contribution in [1.29, 1.82) is 0 Å². The van der Waals surface area contributed by atoms with Gasteiger partial charge in [-0.25, -0.2) is 4.98 Å². The van der Waals surface area contributed by atoms with Gasteiger partial charge in [0.25, 0.3) is 5.91 Å². The molecule has 1 amide bonds. The third-order valence-electron chi connectivity index (χ3n) is 4.80. The van der Waals surface area contributed by atoms with Crippen LogP contribution in [-0.2, 0) is 19.6 Å². The maximum Gasteiger partial charge on any atom is 0.257 e. The van der Waals surface area contributed by atoms with Crippen LogP contribution in [0.1, 0.15) is 47.2 Å². The minimum absolute atomic E-state index is 0.0273. The summed E-state index contributed by atoms with van der Waals surface area (Å²) in [5.41, 5.74) is 1.87. The molecule has 3 heterocycles. The molecule has 0 aromatic carbocycles. The molecule has 6 nitrogen and oxygen atoms in total. The number of nitrogens with zero attached hydrogens (tertiary/aromatic N) is 4. The van der Waals surface area contributed by atoms with E-state index in [0.29, 0.717) is 30.5 Å². The summed E-state index contributed by atoms with van der Waals surface area (Å²) in [7, 11) is 2.12. The molecule has 1 aliphatic heterocycles. The topological polar surface area (TPSA) is 54.5 Å². The number of aromatic nitrogens is 2. The second-order valence-corrected chi connectivity index (χ2v) is 6.88. The molecule has 1 aliphatic rings. The van der Waals surface area contributed by atoms with Crippen LogP contribution < -0.4 is 0 Å². The number of imidazole rings is 1. The number of hydrogen-bond donors (Lipinski definition) is 0. The summed E-state index contributed by atoms with van der Waals surface area (Å²) in [4.78, 5) is 21.4. The fourth-order valence-electron chi connectivity index (χ4n) is 3.07. The highest BCUT2D eigenvalue weighted by molar-refractivity contribution is 5.95. The molecule has 3 rings (SSSR count). The molecule has 0 spiro atoms. The fraction of sp³-hybridized carbons (Fsp3) is 0.556. The molecule has 2 aromatic heterocycles. The molecule has 0 bridgehead atoms. The van der Waals surface area contributed by atoms with Crippen molar-refractivity contribution in [2.24, 2.45) is 0 Å². The normalized spacial score (nSPS) is 14.5. The van der Waals surface area contributed by atoms with Crippen LogP contribution in [0.3, 0.4) is 0 Å². The van der Waals surface area contributed by atoms with Crippen molar-refractivity contribution in [3.63, 3.8) is 0 Å². The highest BCUT2D eigenvalue weighted by atomic mass is 16.3. The Morgan fingerprint density at radius 2 is 2.12 bits per heavy atom. The van der Waals surface area contributed by atoms with Gasteiger partial charge in [0.2, 0.25) is 0 Å². The van der Waals surface area contributed by atoms with Gasteiger partial charge >= 0.3 is 0 Å². The lowest BCUT2D eigenvalue weighted by Gasteiger charge is -2.29. The molecule has 24 heavy (non-hydrogen) atoms. The van der Waals surface area contributed by atoms with Crippen LogP contribution in [-0.4, -0.2) is 44.9 Å². The van der Waals surface area contributed by atoms with E-state index in [-0.39, 0.29) is 5.91 Å². The van der Waals surface area contributed by atoms with Gasteiger partial charge in [-0.3, -0.25) is 9.69 Å². The number of carbonyl (C=O) groups excluding carboxylic acids is 1. The van der Waals surface area contributed by atoms with E-state index < -0.39 is 0 Å². The van der Waals surface area contributed by atoms with Gasteiger partial charge in [0, 0.05) is 31.9 Å². The Bertz CT molecular complexity index is 744. The lowest BCUT2D eigenvalue weighted by molar-refractivity contribution is 0.0703. The van der Waals surface area contributed by atoms with E-state index in [4.69, 9.17) is 4.42 Å². The van der Waals surface area contributed by atoms with Gasteiger partial charge in [0.05, 0.1) is 17.8 Å². The number of fused-ring (bicyclic) bond motifs is 1. The number of amides is 1. The van der Waals surface area contributed by atoms with Crippen LogP contribution in [0, 0.1) is 13.8 Å². The number of hydrogen-bond acceptors (Lipinski definition) is 4. The van der Waals surface area contributed by atoms with Crippen LogP contribution in [0.4, 0.5) is 0 Å². The highest BCUT2D eigenvalue weighted by Gasteiger charge is 2.26. The maximum absolute atomic E-state index is 12.7. The summed E-state index contributed by atoms with van der Waals surface area (Å²) in [5.74, 6) is 2.44. The molecular weight excluding hydrogens is 304 g/mol. The zero-order valence-electron chi connectivity index (χ0n) is 15.2. The van der Waals surface area contributed by atoms with Gasteiger partial charge in [-0.15, -0.1) is 0 Å². The third kappa shape index (κ3) is 3.11. The average molecular weight is 330 g/mol. The summed E-state index contributed by atoms with van der Waals surface area (Å²) in [6.07, 6.45) is 1.94. The van der Waals surface area contributed by atoms with Gasteiger partial charge in [-0.1, -0.05) is 0 Å². The molecule has 6 heteroatoms. The van der Waals surface area contributed by atoms with Gasteiger partial charge in [-0.2, -0.15) is 0 Å². The molecule has 2 aromatic rings. The van der Waals surface area contributed by atoms with E-state index in [2.05, 4.69) is 35.3 Å². The Balaban J connectivity index is 1.75. The Hall–Kier alpha value is -2.08. The second-order valence-electron chi connectivity index (χ2n) is 6.88. The standard InChI is InChI=1S/C18H26N4O2/c1-12(2)20(5)10-15-9-19-17-11-21(6-7-22(15)17)18(23)16-8-13(3)24-14(16)4/h8-9,12H,6-7,10-11H2,1-5H3. The van der Waals surface area contributed by atoms with Crippen molar-refractivity contribution in [3.8, 4) is 0 Å². The molecule has 0 saturated carbocycles. The van der Waals surface area contributed by atoms with E-state index in [1.165, 1.54) is 5.69 Å². The predicted molar refractivity (Wildman–Crippen MR) is 91.8 cm³/mol. The summed E-state index contributed by atoms with van der Waals surface area (Å²) in [5, 5.41) is 0. The first kappa shape index (κ1) is 16.8. The zero-order chi connectivity index (χ0) is 17.4. The number of furan rings is 1. The van der Waals surface area contributed by atoms with Crippen LogP contribution in [0.2, 0.25) is 0 Å². The van der Waals surface area contributed by atoms with Crippen molar-refractivity contribution >= 4 is 5.91 Å². The molecule has 0 fully saturated rings. The first-order valence-corrected chi connectivity index (χ1v) is 8.46. The van der Waals surface area contributed by atoms with E-state index in [1.54, 1.807) is 0 Å². The lowest BCUT2D eigenvalue weighted by atomic mass is 10.2. The minimum atomic E-state index is 0.0273. The first-order chi connectivity index (χ1) is 11.4. The smallest absolute Gasteiger partial charge is 0.257 e. The molecule has 0 saturated heterocycles. The third-order valence-corrected chi connectivity index (χ3v) is 4.80. The molecular formula is C18H26N4O2. The van der Waals surface area contributed by atoms with Crippen molar-refractivity contribution < 1.29 is 9.21 Å². The van der Waals surface area contributed by atoms with Crippen molar-refractivity contribution in [2.75, 3.05) is 13.6 Å². The Labute approximate surface area is 143 Å². The molecule has 0 unspecified atom stereocenters. The van der Waals surface area contributed by atoms with E-state index in [0.717, 1.165) is 24.7 Å². The van der Waals surface area contributed by atoms with Crippen LogP contribution in [0.15, 0.2) is 16.7 Å². The molecule has 130 valence electrons. The number of aryl methyl sites for hydroxylation is 2. The largest absolute Gasteiger partial charge is 0.466 e. The second kappa shape index (κ2) is 6.43. The fourth-order valence-corrected chi connectivity index (χ4v) is 3.07. The van der Waals surface area contributed by atoms with Gasteiger partial charge < -0.3 is 13.9 Å². The molecule has 0 atom stereocenters. The monoisotopic (exact) mass is 330 g/mol. The maximum atomic E-state index is 12.7. The van der Waals surface area contributed by atoms with Crippen LogP contribution in [0.25, 0.3) is 0 Å². The summed E-state index contributed by atoms with van der Waals surface area (Å²) < 4.78 is 7.74. The SMILES string of the molecule is Cc1cc(C(=O)N2CCn3c(CN(C)C(C)C)cnc3C2)c(C)o1. The van der Waals surface area contributed by atoms with Crippen molar-refractivity contribution in [2.45, 2.75) is 53.4 Å². The molecule has 0 N–H and O–H groups in total. The van der Waals surface area contributed by atoms with Crippen molar-refractivity contribution in [1.82, 2.24) is 19.4 Å². The number of carbonyl (C=O) groups is 1. The first-order valence-electron chi connectivity index (χ1n) is 8.46. The predicted octanol–water partition coefficient (Wildman–Crippen LogP) is 2.59. The minimum Gasteiger partial charge on any atom is -0.466 e. The highest BCUT2D eigenvalue weighted by Crippen LogP contribution is 2.21. The Kier molecular flexibility index (Phi) is 4.49. The molecule has 0 radical (unpaired) electrons.